The zero-order chi connectivity index (χ0) is 13.9. The van der Waals surface area contributed by atoms with E-state index in [-0.39, 0.29) is 18.3 Å². The highest BCUT2D eigenvalue weighted by atomic mass is 35.5. The van der Waals surface area contributed by atoms with Crippen molar-refractivity contribution in [2.45, 2.75) is 0 Å². The standard InChI is InChI=1S/C14H15ClN4O.ClH/c15-11-2-1-3-12(10-11)19-7-4-13(17-19)14(20)18-8-5-16-6-9-18;/h1-4,7,10,16H,5-6,8-9H2;1H. The summed E-state index contributed by atoms with van der Waals surface area (Å²) in [4.78, 5) is 14.1. The average Bonchev–Trinajstić information content (AvgIpc) is 2.97. The van der Waals surface area contributed by atoms with Gasteiger partial charge in [-0.3, -0.25) is 4.79 Å². The molecule has 0 bridgehead atoms. The van der Waals surface area contributed by atoms with E-state index < -0.39 is 0 Å². The van der Waals surface area contributed by atoms with Gasteiger partial charge in [0.25, 0.3) is 5.91 Å². The predicted molar refractivity (Wildman–Crippen MR) is 84.6 cm³/mol. The van der Waals surface area contributed by atoms with Gasteiger partial charge in [-0.25, -0.2) is 4.68 Å². The van der Waals surface area contributed by atoms with Crippen molar-refractivity contribution in [2.24, 2.45) is 0 Å². The van der Waals surface area contributed by atoms with Gasteiger partial charge in [-0.05, 0) is 24.3 Å². The van der Waals surface area contributed by atoms with Crippen molar-refractivity contribution in [1.29, 1.82) is 0 Å². The van der Waals surface area contributed by atoms with E-state index in [9.17, 15) is 4.79 Å². The van der Waals surface area contributed by atoms with Crippen molar-refractivity contribution in [2.75, 3.05) is 26.2 Å². The first-order chi connectivity index (χ1) is 9.74. The fraction of sp³-hybridized carbons (Fsp3) is 0.286. The zero-order valence-corrected chi connectivity index (χ0v) is 12.9. The van der Waals surface area contributed by atoms with E-state index in [4.69, 9.17) is 11.6 Å². The molecule has 3 rings (SSSR count). The molecule has 1 N–H and O–H groups in total. The molecule has 1 aromatic heterocycles. The first-order valence-corrected chi connectivity index (χ1v) is 6.93. The molecule has 0 unspecified atom stereocenters. The minimum absolute atomic E-state index is 0. The Kier molecular flexibility index (Phi) is 5.22. The molecule has 1 aliphatic rings. The number of amides is 1. The first kappa shape index (κ1) is 15.8. The molecule has 0 saturated carbocycles. The van der Waals surface area contributed by atoms with Crippen molar-refractivity contribution in [1.82, 2.24) is 20.0 Å². The van der Waals surface area contributed by atoms with Gasteiger partial charge in [-0.15, -0.1) is 12.4 Å². The molecule has 1 saturated heterocycles. The topological polar surface area (TPSA) is 50.2 Å². The molecule has 0 aliphatic carbocycles. The van der Waals surface area contributed by atoms with E-state index >= 15 is 0 Å². The number of benzene rings is 1. The molecule has 1 amide bonds. The Morgan fingerprint density at radius 3 is 2.71 bits per heavy atom. The van der Waals surface area contributed by atoms with E-state index in [1.807, 2.05) is 23.1 Å². The summed E-state index contributed by atoms with van der Waals surface area (Å²) in [7, 11) is 0. The minimum Gasteiger partial charge on any atom is -0.335 e. The van der Waals surface area contributed by atoms with Crippen molar-refractivity contribution in [3.63, 3.8) is 0 Å². The summed E-state index contributed by atoms with van der Waals surface area (Å²) in [6, 6.07) is 9.12. The fourth-order valence-corrected chi connectivity index (χ4v) is 2.41. The zero-order valence-electron chi connectivity index (χ0n) is 11.3. The number of carbonyl (C=O) groups is 1. The highest BCUT2D eigenvalue weighted by Gasteiger charge is 2.20. The Balaban J connectivity index is 0.00000161. The van der Waals surface area contributed by atoms with Crippen LogP contribution in [0.1, 0.15) is 10.5 Å². The SMILES string of the molecule is Cl.O=C(c1ccn(-c2cccc(Cl)c2)n1)N1CCNCC1. The molecular weight excluding hydrogens is 311 g/mol. The third-order valence-electron chi connectivity index (χ3n) is 3.29. The van der Waals surface area contributed by atoms with Crippen LogP contribution in [0.25, 0.3) is 5.69 Å². The predicted octanol–water partition coefficient (Wildman–Crippen LogP) is 1.99. The first-order valence-electron chi connectivity index (χ1n) is 6.56. The lowest BCUT2D eigenvalue weighted by Crippen LogP contribution is -2.46. The van der Waals surface area contributed by atoms with Crippen molar-refractivity contribution >= 4 is 29.9 Å². The van der Waals surface area contributed by atoms with Gasteiger partial charge in [0.15, 0.2) is 5.69 Å². The van der Waals surface area contributed by atoms with Crippen LogP contribution >= 0.6 is 24.0 Å². The molecule has 1 aromatic carbocycles. The Morgan fingerprint density at radius 1 is 1.24 bits per heavy atom. The summed E-state index contributed by atoms with van der Waals surface area (Å²) in [5.74, 6) is -0.0210. The molecule has 0 spiro atoms. The van der Waals surface area contributed by atoms with Crippen LogP contribution in [-0.2, 0) is 0 Å². The van der Waals surface area contributed by atoms with Gasteiger partial charge in [-0.1, -0.05) is 17.7 Å². The highest BCUT2D eigenvalue weighted by molar-refractivity contribution is 6.30. The highest BCUT2D eigenvalue weighted by Crippen LogP contribution is 2.15. The molecule has 21 heavy (non-hydrogen) atoms. The second-order valence-electron chi connectivity index (χ2n) is 4.67. The smallest absolute Gasteiger partial charge is 0.274 e. The number of aromatic nitrogens is 2. The lowest BCUT2D eigenvalue weighted by Gasteiger charge is -2.26. The molecule has 2 heterocycles. The molecule has 112 valence electrons. The number of piperazine rings is 1. The number of nitrogens with one attached hydrogen (secondary N) is 1. The third-order valence-corrected chi connectivity index (χ3v) is 3.52. The number of hydrogen-bond acceptors (Lipinski definition) is 3. The van der Waals surface area contributed by atoms with Gasteiger partial charge in [0.2, 0.25) is 0 Å². The number of carbonyl (C=O) groups excluding carboxylic acids is 1. The Labute approximate surface area is 134 Å². The number of nitrogens with zero attached hydrogens (tertiary/aromatic N) is 3. The molecular formula is C14H16Cl2N4O. The van der Waals surface area contributed by atoms with Crippen LogP contribution in [0.5, 0.6) is 0 Å². The van der Waals surface area contributed by atoms with Gasteiger partial charge in [0, 0.05) is 37.4 Å². The van der Waals surface area contributed by atoms with Crippen LogP contribution in [0.15, 0.2) is 36.5 Å². The van der Waals surface area contributed by atoms with Gasteiger partial charge in [0.1, 0.15) is 0 Å². The van der Waals surface area contributed by atoms with Crippen LogP contribution < -0.4 is 5.32 Å². The Bertz CT molecular complexity index is 623. The van der Waals surface area contributed by atoms with Crippen LogP contribution in [0.2, 0.25) is 5.02 Å². The monoisotopic (exact) mass is 326 g/mol. The van der Waals surface area contributed by atoms with Gasteiger partial charge >= 0.3 is 0 Å². The van der Waals surface area contributed by atoms with Crippen LogP contribution in [0.4, 0.5) is 0 Å². The second kappa shape index (κ2) is 6.93. The Hall–Kier alpha value is -1.56. The van der Waals surface area contributed by atoms with E-state index in [2.05, 4.69) is 10.4 Å². The minimum atomic E-state index is -0.0210. The van der Waals surface area contributed by atoms with Crippen LogP contribution in [0, 0.1) is 0 Å². The summed E-state index contributed by atoms with van der Waals surface area (Å²) in [6.07, 6.45) is 1.78. The van der Waals surface area contributed by atoms with E-state index in [1.54, 1.807) is 23.0 Å². The lowest BCUT2D eigenvalue weighted by atomic mass is 10.3. The molecule has 1 fully saturated rings. The summed E-state index contributed by atoms with van der Waals surface area (Å²) in [6.45, 7) is 3.12. The van der Waals surface area contributed by atoms with E-state index in [0.29, 0.717) is 10.7 Å². The molecule has 2 aromatic rings. The largest absolute Gasteiger partial charge is 0.335 e. The van der Waals surface area contributed by atoms with Crippen molar-refractivity contribution < 1.29 is 4.79 Å². The van der Waals surface area contributed by atoms with E-state index in [0.717, 1.165) is 31.9 Å². The normalized spacial score (nSPS) is 14.6. The third kappa shape index (κ3) is 3.56. The second-order valence-corrected chi connectivity index (χ2v) is 5.10. The van der Waals surface area contributed by atoms with E-state index in [1.165, 1.54) is 0 Å². The van der Waals surface area contributed by atoms with Gasteiger partial charge in [0.05, 0.1) is 5.69 Å². The van der Waals surface area contributed by atoms with Crippen LogP contribution in [-0.4, -0.2) is 46.8 Å². The summed E-state index contributed by atoms with van der Waals surface area (Å²) in [5, 5.41) is 8.21. The molecule has 1 aliphatic heterocycles. The van der Waals surface area contributed by atoms with Crippen molar-refractivity contribution in [3.05, 3.63) is 47.2 Å². The van der Waals surface area contributed by atoms with Gasteiger partial charge in [-0.2, -0.15) is 5.10 Å². The fourth-order valence-electron chi connectivity index (χ4n) is 2.23. The van der Waals surface area contributed by atoms with Gasteiger partial charge < -0.3 is 10.2 Å². The number of halogens is 2. The molecule has 0 atom stereocenters. The summed E-state index contributed by atoms with van der Waals surface area (Å²) < 4.78 is 1.67. The lowest BCUT2D eigenvalue weighted by molar-refractivity contribution is 0.0729. The maximum Gasteiger partial charge on any atom is 0.274 e. The quantitative estimate of drug-likeness (QED) is 0.918. The molecule has 0 radical (unpaired) electrons. The Morgan fingerprint density at radius 2 is 2.00 bits per heavy atom. The molecule has 5 nitrogen and oxygen atoms in total. The molecule has 7 heteroatoms. The van der Waals surface area contributed by atoms with Crippen LogP contribution in [0.3, 0.4) is 0 Å². The van der Waals surface area contributed by atoms with Crippen molar-refractivity contribution in [3.8, 4) is 5.69 Å². The number of rotatable bonds is 2. The summed E-state index contributed by atoms with van der Waals surface area (Å²) in [5.41, 5.74) is 1.31. The maximum absolute atomic E-state index is 12.3. The average molecular weight is 327 g/mol. The maximum atomic E-state index is 12.3. The number of hydrogen-bond donors (Lipinski definition) is 1. The summed E-state index contributed by atoms with van der Waals surface area (Å²) >= 11 is 5.96.